The maximum absolute atomic E-state index is 11.3. The lowest BCUT2D eigenvalue weighted by Gasteiger charge is -2.37. The van der Waals surface area contributed by atoms with Gasteiger partial charge in [-0.1, -0.05) is 6.92 Å². The number of nitrogens with zero attached hydrogens (tertiary/aromatic N) is 3. The standard InChI is InChI=1S/C13H21N3O2/c1-10-4-3-6-16(12(10)13(17)18)7-5-11-8-14-15(2)9-11/h8-10,12H,3-7H2,1-2H3,(H,17,18). The second kappa shape index (κ2) is 5.52. The van der Waals surface area contributed by atoms with E-state index in [1.165, 1.54) is 5.56 Å². The summed E-state index contributed by atoms with van der Waals surface area (Å²) in [5, 5.41) is 13.5. The van der Waals surface area contributed by atoms with Crippen LogP contribution in [0.1, 0.15) is 25.3 Å². The third-order valence-corrected chi connectivity index (χ3v) is 3.74. The monoisotopic (exact) mass is 251 g/mol. The van der Waals surface area contributed by atoms with Crippen molar-refractivity contribution in [2.24, 2.45) is 13.0 Å². The van der Waals surface area contributed by atoms with Crippen molar-refractivity contribution in [2.45, 2.75) is 32.2 Å². The van der Waals surface area contributed by atoms with Crippen molar-refractivity contribution in [3.63, 3.8) is 0 Å². The van der Waals surface area contributed by atoms with E-state index in [2.05, 4.69) is 10.00 Å². The van der Waals surface area contributed by atoms with Gasteiger partial charge in [0.25, 0.3) is 0 Å². The predicted octanol–water partition coefficient (Wildman–Crippen LogP) is 1.15. The molecule has 1 aromatic rings. The molecule has 5 heteroatoms. The summed E-state index contributed by atoms with van der Waals surface area (Å²) in [6.07, 6.45) is 6.81. The van der Waals surface area contributed by atoms with Crippen LogP contribution in [0, 0.1) is 5.92 Å². The number of hydrogen-bond donors (Lipinski definition) is 1. The van der Waals surface area contributed by atoms with Crippen molar-refractivity contribution in [2.75, 3.05) is 13.1 Å². The highest BCUT2D eigenvalue weighted by Crippen LogP contribution is 2.23. The number of piperidine rings is 1. The van der Waals surface area contributed by atoms with Crippen LogP contribution in [0.4, 0.5) is 0 Å². The van der Waals surface area contributed by atoms with Crippen LogP contribution in [-0.2, 0) is 18.3 Å². The first-order valence-corrected chi connectivity index (χ1v) is 6.52. The lowest BCUT2D eigenvalue weighted by atomic mass is 9.90. The summed E-state index contributed by atoms with van der Waals surface area (Å²) in [5.41, 5.74) is 1.17. The molecule has 0 aromatic carbocycles. The SMILES string of the molecule is CC1CCCN(CCc2cnn(C)c2)C1C(=O)O. The summed E-state index contributed by atoms with van der Waals surface area (Å²) in [4.78, 5) is 13.4. The van der Waals surface area contributed by atoms with Crippen molar-refractivity contribution in [3.05, 3.63) is 18.0 Å². The molecule has 1 aliphatic heterocycles. The van der Waals surface area contributed by atoms with E-state index < -0.39 is 5.97 Å². The van der Waals surface area contributed by atoms with Gasteiger partial charge in [0.1, 0.15) is 6.04 Å². The smallest absolute Gasteiger partial charge is 0.321 e. The van der Waals surface area contributed by atoms with Gasteiger partial charge in [-0.05, 0) is 37.3 Å². The first kappa shape index (κ1) is 13.1. The van der Waals surface area contributed by atoms with Gasteiger partial charge in [0, 0.05) is 19.8 Å². The van der Waals surface area contributed by atoms with Gasteiger partial charge in [-0.2, -0.15) is 5.10 Å². The van der Waals surface area contributed by atoms with E-state index >= 15 is 0 Å². The van der Waals surface area contributed by atoms with Crippen LogP contribution in [0.25, 0.3) is 0 Å². The fraction of sp³-hybridized carbons (Fsp3) is 0.692. The zero-order chi connectivity index (χ0) is 13.1. The summed E-state index contributed by atoms with van der Waals surface area (Å²) < 4.78 is 1.78. The van der Waals surface area contributed by atoms with E-state index in [0.29, 0.717) is 0 Å². The molecule has 2 rings (SSSR count). The maximum atomic E-state index is 11.3. The Hall–Kier alpha value is -1.36. The van der Waals surface area contributed by atoms with Crippen LogP contribution in [0.5, 0.6) is 0 Å². The van der Waals surface area contributed by atoms with Crippen LogP contribution in [0.15, 0.2) is 12.4 Å². The summed E-state index contributed by atoms with van der Waals surface area (Å²) in [5.74, 6) is -0.446. The molecule has 2 atom stereocenters. The van der Waals surface area contributed by atoms with E-state index in [-0.39, 0.29) is 12.0 Å². The van der Waals surface area contributed by atoms with Gasteiger partial charge in [-0.15, -0.1) is 0 Å². The molecule has 1 fully saturated rings. The van der Waals surface area contributed by atoms with Gasteiger partial charge in [0.15, 0.2) is 0 Å². The third kappa shape index (κ3) is 2.90. The molecule has 100 valence electrons. The number of carboxylic acids is 1. The molecule has 0 aliphatic carbocycles. The van der Waals surface area contributed by atoms with Crippen LogP contribution in [0.2, 0.25) is 0 Å². The lowest BCUT2D eigenvalue weighted by molar-refractivity contribution is -0.146. The number of rotatable bonds is 4. The molecule has 1 aliphatic rings. The first-order chi connectivity index (χ1) is 8.58. The van der Waals surface area contributed by atoms with Crippen molar-refractivity contribution >= 4 is 5.97 Å². The quantitative estimate of drug-likeness (QED) is 0.872. The Morgan fingerprint density at radius 2 is 2.39 bits per heavy atom. The summed E-state index contributed by atoms with van der Waals surface area (Å²) in [7, 11) is 1.90. The molecule has 0 radical (unpaired) electrons. The molecule has 0 spiro atoms. The van der Waals surface area contributed by atoms with Gasteiger partial charge < -0.3 is 5.11 Å². The van der Waals surface area contributed by atoms with E-state index in [4.69, 9.17) is 0 Å². The zero-order valence-electron chi connectivity index (χ0n) is 11.0. The minimum Gasteiger partial charge on any atom is -0.480 e. The van der Waals surface area contributed by atoms with Crippen LogP contribution < -0.4 is 0 Å². The Morgan fingerprint density at radius 3 is 3.00 bits per heavy atom. The van der Waals surface area contributed by atoms with E-state index in [9.17, 15) is 9.90 Å². The summed E-state index contributed by atoms with van der Waals surface area (Å²) in [6, 6.07) is -0.324. The molecule has 1 saturated heterocycles. The maximum Gasteiger partial charge on any atom is 0.321 e. The third-order valence-electron chi connectivity index (χ3n) is 3.74. The van der Waals surface area contributed by atoms with Gasteiger partial charge in [0.05, 0.1) is 6.20 Å². The van der Waals surface area contributed by atoms with Crippen LogP contribution >= 0.6 is 0 Å². The van der Waals surface area contributed by atoms with Crippen LogP contribution in [-0.4, -0.2) is 44.9 Å². The Kier molecular flexibility index (Phi) is 4.01. The molecule has 0 bridgehead atoms. The molecule has 0 saturated carbocycles. The second-order valence-electron chi connectivity index (χ2n) is 5.21. The zero-order valence-corrected chi connectivity index (χ0v) is 11.0. The Balaban J connectivity index is 1.96. The average Bonchev–Trinajstić information content (AvgIpc) is 2.72. The van der Waals surface area contributed by atoms with Crippen molar-refractivity contribution in [1.29, 1.82) is 0 Å². The second-order valence-corrected chi connectivity index (χ2v) is 5.21. The Labute approximate surface area is 107 Å². The van der Waals surface area contributed by atoms with Gasteiger partial charge in [-0.25, -0.2) is 0 Å². The van der Waals surface area contributed by atoms with Gasteiger partial charge >= 0.3 is 5.97 Å². The highest BCUT2D eigenvalue weighted by Gasteiger charge is 2.33. The van der Waals surface area contributed by atoms with E-state index in [1.807, 2.05) is 26.4 Å². The van der Waals surface area contributed by atoms with Gasteiger partial charge in [-0.3, -0.25) is 14.4 Å². The van der Waals surface area contributed by atoms with E-state index in [0.717, 1.165) is 32.4 Å². The van der Waals surface area contributed by atoms with Crippen molar-refractivity contribution in [1.82, 2.24) is 14.7 Å². The molecule has 0 amide bonds. The van der Waals surface area contributed by atoms with Crippen molar-refractivity contribution in [3.8, 4) is 0 Å². The first-order valence-electron chi connectivity index (χ1n) is 6.52. The highest BCUT2D eigenvalue weighted by molar-refractivity contribution is 5.74. The molecule has 1 N–H and O–H groups in total. The number of aryl methyl sites for hydroxylation is 1. The highest BCUT2D eigenvalue weighted by atomic mass is 16.4. The molecular formula is C13H21N3O2. The fourth-order valence-electron chi connectivity index (χ4n) is 2.80. The minimum atomic E-state index is -0.687. The molecule has 2 heterocycles. The fourth-order valence-corrected chi connectivity index (χ4v) is 2.80. The predicted molar refractivity (Wildman–Crippen MR) is 68.3 cm³/mol. The number of aromatic nitrogens is 2. The number of likely N-dealkylation sites (tertiary alicyclic amines) is 1. The Morgan fingerprint density at radius 1 is 1.61 bits per heavy atom. The molecule has 18 heavy (non-hydrogen) atoms. The lowest BCUT2D eigenvalue weighted by Crippen LogP contribution is -2.49. The van der Waals surface area contributed by atoms with E-state index in [1.54, 1.807) is 4.68 Å². The normalized spacial score (nSPS) is 25.2. The number of carbonyl (C=O) groups is 1. The minimum absolute atomic E-state index is 0.241. The summed E-state index contributed by atoms with van der Waals surface area (Å²) in [6.45, 7) is 3.73. The Bertz CT molecular complexity index is 416. The van der Waals surface area contributed by atoms with Gasteiger partial charge in [0.2, 0.25) is 0 Å². The molecule has 2 unspecified atom stereocenters. The largest absolute Gasteiger partial charge is 0.480 e. The molecule has 1 aromatic heterocycles. The van der Waals surface area contributed by atoms with Crippen LogP contribution in [0.3, 0.4) is 0 Å². The number of aliphatic carboxylic acids is 1. The molecular weight excluding hydrogens is 230 g/mol. The summed E-state index contributed by atoms with van der Waals surface area (Å²) >= 11 is 0. The topological polar surface area (TPSA) is 58.4 Å². The number of carboxylic acid groups (broad SMARTS) is 1. The molecule has 5 nitrogen and oxygen atoms in total. The number of hydrogen-bond acceptors (Lipinski definition) is 3. The average molecular weight is 251 g/mol. The van der Waals surface area contributed by atoms with Crippen molar-refractivity contribution < 1.29 is 9.90 Å².